The molecule has 1 unspecified atom stereocenters. The molecular formula is C30H39O2PSe2. The molecule has 1 atom stereocenters. The van der Waals surface area contributed by atoms with Gasteiger partial charge >= 0.3 is 227 Å². The first kappa shape index (κ1) is 28.3. The molecule has 3 aromatic rings. The van der Waals surface area contributed by atoms with Gasteiger partial charge in [-0.25, -0.2) is 0 Å². The van der Waals surface area contributed by atoms with Crippen LogP contribution in [0.3, 0.4) is 0 Å². The summed E-state index contributed by atoms with van der Waals surface area (Å²) in [5.41, 5.74) is 5.87. The molecule has 35 heavy (non-hydrogen) atoms. The second-order valence-electron chi connectivity index (χ2n) is 10.1. The zero-order chi connectivity index (χ0) is 25.5. The molecule has 0 heterocycles. The molecule has 0 bridgehead atoms. The fraction of sp³-hybridized carbons (Fsp3) is 0.400. The first-order valence-electron chi connectivity index (χ1n) is 12.2. The summed E-state index contributed by atoms with van der Waals surface area (Å²) in [5.74, 6) is 1.85. The second kappa shape index (κ2) is 12.8. The Bertz CT molecular complexity index is 1050. The van der Waals surface area contributed by atoms with Gasteiger partial charge < -0.3 is 0 Å². The molecule has 0 aliphatic rings. The van der Waals surface area contributed by atoms with Gasteiger partial charge in [-0.15, -0.1) is 0 Å². The van der Waals surface area contributed by atoms with Crippen molar-refractivity contribution in [3.63, 3.8) is 0 Å². The van der Waals surface area contributed by atoms with Gasteiger partial charge in [0, 0.05) is 0 Å². The number of ether oxygens (including phenoxy) is 2. The first-order chi connectivity index (χ1) is 16.6. The maximum absolute atomic E-state index is 5.34. The molecule has 188 valence electrons. The molecular weight excluding hydrogens is 581 g/mol. The number of hydrogen-bond acceptors (Lipinski definition) is 2. The zero-order valence-corrected chi connectivity index (χ0v) is 26.2. The molecule has 0 aliphatic carbocycles. The van der Waals surface area contributed by atoms with Crippen molar-refractivity contribution in [1.29, 1.82) is 0 Å². The monoisotopic (exact) mass is 622 g/mol. The Hall–Kier alpha value is -1.27. The number of rotatable bonds is 11. The van der Waals surface area contributed by atoms with Crippen LogP contribution in [0, 0.1) is 0 Å². The van der Waals surface area contributed by atoms with Crippen LogP contribution < -0.4 is 9.47 Å². The van der Waals surface area contributed by atoms with Crippen LogP contribution in [-0.4, -0.2) is 56.2 Å². The first-order valence-corrected chi connectivity index (χ1v) is 19.8. The summed E-state index contributed by atoms with van der Waals surface area (Å²) in [6, 6.07) is 26.6. The van der Waals surface area contributed by atoms with Crippen LogP contribution in [0.4, 0.5) is 0 Å². The molecule has 2 nitrogen and oxygen atoms in total. The molecule has 0 saturated carbocycles. The molecule has 3 aromatic carbocycles. The van der Waals surface area contributed by atoms with Crippen molar-refractivity contribution < 1.29 is 9.47 Å². The minimum atomic E-state index is -1.23. The summed E-state index contributed by atoms with van der Waals surface area (Å²) in [7, 11) is 3.45. The fourth-order valence-electron chi connectivity index (χ4n) is 4.00. The van der Waals surface area contributed by atoms with E-state index in [0.29, 0.717) is 19.3 Å². The van der Waals surface area contributed by atoms with Gasteiger partial charge in [0.05, 0.1) is 0 Å². The Morgan fingerprint density at radius 3 is 1.54 bits per heavy atom. The van der Waals surface area contributed by atoms with E-state index in [2.05, 4.69) is 116 Å². The van der Waals surface area contributed by atoms with Crippen LogP contribution in [0.1, 0.15) is 54.8 Å². The summed E-state index contributed by atoms with van der Waals surface area (Å²) in [5, 5.41) is 0. The van der Waals surface area contributed by atoms with Gasteiger partial charge in [0.1, 0.15) is 0 Å². The second-order valence-corrected chi connectivity index (χ2v) is 27.9. The van der Waals surface area contributed by atoms with E-state index in [4.69, 9.17) is 9.47 Å². The normalized spacial score (nSPS) is 12.9. The van der Waals surface area contributed by atoms with Gasteiger partial charge in [-0.1, -0.05) is 0 Å². The van der Waals surface area contributed by atoms with Gasteiger partial charge in [-0.2, -0.15) is 0 Å². The summed E-state index contributed by atoms with van der Waals surface area (Å²) in [6.45, 7) is 9.28. The van der Waals surface area contributed by atoms with Crippen molar-refractivity contribution >= 4 is 33.8 Å². The molecule has 0 spiro atoms. The average Bonchev–Trinajstić information content (AvgIpc) is 2.86. The van der Waals surface area contributed by atoms with Crippen LogP contribution in [0.5, 0.6) is 11.5 Å². The molecule has 0 amide bonds. The van der Waals surface area contributed by atoms with Crippen LogP contribution >= 0.6 is 4.20 Å². The van der Waals surface area contributed by atoms with Gasteiger partial charge in [0.15, 0.2) is 0 Å². The number of methoxy groups -OCH3 is 2. The van der Waals surface area contributed by atoms with Crippen LogP contribution in [0.15, 0.2) is 72.8 Å². The number of benzene rings is 3. The Morgan fingerprint density at radius 1 is 0.743 bits per heavy atom. The van der Waals surface area contributed by atoms with E-state index in [1.165, 1.54) is 34.6 Å². The third kappa shape index (κ3) is 8.66. The third-order valence-corrected chi connectivity index (χ3v) is 21.3. The quantitative estimate of drug-likeness (QED) is 0.166. The summed E-state index contributed by atoms with van der Waals surface area (Å²) < 4.78 is 9.46. The Balaban J connectivity index is 1.74. The molecule has 0 N–H and O–H groups in total. The molecule has 0 fully saturated rings. The van der Waals surface area contributed by atoms with E-state index in [0.717, 1.165) is 24.3 Å². The predicted molar refractivity (Wildman–Crippen MR) is 155 cm³/mol. The van der Waals surface area contributed by atoms with E-state index in [9.17, 15) is 0 Å². The molecule has 0 aromatic heterocycles. The fourth-order valence-corrected chi connectivity index (χ4v) is 18.9. The van der Waals surface area contributed by atoms with Crippen molar-refractivity contribution in [2.75, 3.05) is 26.5 Å². The van der Waals surface area contributed by atoms with E-state index >= 15 is 0 Å². The summed E-state index contributed by atoms with van der Waals surface area (Å²) in [6.07, 6.45) is 4.73. The SMILES string of the molecule is COc1ccc(CCP(=[Se])(CCc2ccc(OC)cc2)[Se]C(C)c2ccc(C(C)(C)C)cc2)cc1. The van der Waals surface area contributed by atoms with Crippen molar-refractivity contribution in [3.05, 3.63) is 95.1 Å². The standard InChI is InChI=1S/C30H39O2PSe2/c1-23(26-11-13-27(14-12-26)30(2,3)4)35-33(34,21-19-24-7-15-28(31-5)16-8-24)22-20-25-9-17-29(32-6)18-10-25/h7-18,23H,19-22H2,1-6H3. The maximum atomic E-state index is 5.34. The van der Waals surface area contributed by atoms with E-state index < -0.39 is 4.20 Å². The Labute approximate surface area is 226 Å². The van der Waals surface area contributed by atoms with Crippen LogP contribution in [-0.2, 0) is 18.3 Å². The minimum absolute atomic E-state index is 0.193. The number of aryl methyl sites for hydroxylation is 2. The molecule has 0 aliphatic heterocycles. The van der Waals surface area contributed by atoms with Gasteiger partial charge in [0.25, 0.3) is 0 Å². The molecule has 0 radical (unpaired) electrons. The average molecular weight is 621 g/mol. The summed E-state index contributed by atoms with van der Waals surface area (Å²) in [4.78, 5) is 0.595. The molecule has 0 saturated heterocycles. The summed E-state index contributed by atoms with van der Waals surface area (Å²) >= 11 is 4.33. The predicted octanol–water partition coefficient (Wildman–Crippen LogP) is 7.27. The van der Waals surface area contributed by atoms with Gasteiger partial charge in [0.2, 0.25) is 0 Å². The molecule has 5 heteroatoms. The zero-order valence-electron chi connectivity index (χ0n) is 21.9. The van der Waals surface area contributed by atoms with Gasteiger partial charge in [-0.3, -0.25) is 0 Å². The Morgan fingerprint density at radius 2 is 1.17 bits per heavy atom. The molecule has 3 rings (SSSR count). The topological polar surface area (TPSA) is 18.5 Å². The van der Waals surface area contributed by atoms with Crippen LogP contribution in [0.2, 0.25) is 0 Å². The van der Waals surface area contributed by atoms with Crippen molar-refractivity contribution in [2.24, 2.45) is 0 Å². The van der Waals surface area contributed by atoms with E-state index in [-0.39, 0.29) is 5.41 Å². The van der Waals surface area contributed by atoms with E-state index in [1.807, 2.05) is 0 Å². The van der Waals surface area contributed by atoms with E-state index in [1.54, 1.807) is 14.2 Å². The van der Waals surface area contributed by atoms with Crippen LogP contribution in [0.25, 0.3) is 0 Å². The van der Waals surface area contributed by atoms with Crippen molar-refractivity contribution in [3.8, 4) is 11.5 Å². The van der Waals surface area contributed by atoms with Gasteiger partial charge in [-0.05, 0) is 0 Å². The third-order valence-electron chi connectivity index (χ3n) is 6.40. The Kier molecular flexibility index (Phi) is 10.4. The van der Waals surface area contributed by atoms with Crippen molar-refractivity contribution in [2.45, 2.75) is 50.8 Å². The van der Waals surface area contributed by atoms with Crippen molar-refractivity contribution in [1.82, 2.24) is 0 Å². The number of hydrogen-bond donors (Lipinski definition) is 0.